The zero-order chi connectivity index (χ0) is 16.4. The highest BCUT2D eigenvalue weighted by Crippen LogP contribution is 2.60. The molecule has 11 heteroatoms. The minimum absolute atomic E-state index is 1.03. The molecule has 0 N–H and O–H groups in total. The summed E-state index contributed by atoms with van der Waals surface area (Å²) >= 11 is -5.37. The Hall–Kier alpha value is -0.138. The fourth-order valence-corrected chi connectivity index (χ4v) is 4.18. The summed E-state index contributed by atoms with van der Waals surface area (Å²) in [6.07, 6.45) is 0. The summed E-state index contributed by atoms with van der Waals surface area (Å²) in [5.74, 6) is -18.8. The van der Waals surface area contributed by atoms with E-state index in [0.717, 1.165) is 20.8 Å². The zero-order valence-electron chi connectivity index (χ0n) is 10.5. The van der Waals surface area contributed by atoms with Gasteiger partial charge in [-0.25, -0.2) is 8.78 Å². The minimum Gasteiger partial charge on any atom is -0.491 e. The van der Waals surface area contributed by atoms with Gasteiger partial charge in [0.1, 0.15) is 0 Å². The number of halogens is 9. The first-order valence-corrected chi connectivity index (χ1v) is 7.05. The number of alkyl halides is 9. The van der Waals surface area contributed by atoms with Gasteiger partial charge in [-0.1, -0.05) is 0 Å². The van der Waals surface area contributed by atoms with E-state index in [0.29, 0.717) is 0 Å². The van der Waals surface area contributed by atoms with Crippen LogP contribution in [0.1, 0.15) is 20.8 Å². The first-order chi connectivity index (χ1) is 8.50. The molecule has 1 saturated heterocycles. The van der Waals surface area contributed by atoms with E-state index in [1.54, 1.807) is 0 Å². The summed E-state index contributed by atoms with van der Waals surface area (Å²) in [5.41, 5.74) is -1.66. The van der Waals surface area contributed by atoms with Crippen LogP contribution < -0.4 is 0 Å². The molecular formula is C9H10AlF9O. The van der Waals surface area contributed by atoms with Crippen molar-refractivity contribution in [2.24, 2.45) is 0 Å². The molecule has 0 aromatic rings. The van der Waals surface area contributed by atoms with E-state index >= 15 is 0 Å². The summed E-state index contributed by atoms with van der Waals surface area (Å²) in [5, 5.41) is -4.15. The quantitative estimate of drug-likeness (QED) is 0.525. The molecule has 0 aliphatic carbocycles. The van der Waals surface area contributed by atoms with Crippen molar-refractivity contribution in [2.45, 2.75) is 54.0 Å². The lowest BCUT2D eigenvalue weighted by Crippen LogP contribution is -2.79. The average Bonchev–Trinajstić information content (AvgIpc) is 2.21. The summed E-state index contributed by atoms with van der Waals surface area (Å²) in [6, 6.07) is 0. The third-order valence-corrected chi connectivity index (χ3v) is 5.67. The summed E-state index contributed by atoms with van der Waals surface area (Å²) in [4.78, 5) is -5.66. The normalized spacial score (nSPS) is 31.2. The standard InChI is InChI=1S/C5HF9.C4H9O.Al/c6-1-3(9,10)5(13,14)4(11,12)2(7)8;1-4(2,3)5;/h1H;1-3H3;/q;-1;+1. The van der Waals surface area contributed by atoms with E-state index in [9.17, 15) is 39.5 Å². The lowest BCUT2D eigenvalue weighted by Gasteiger charge is -2.46. The fraction of sp³-hybridized carbons (Fsp3) is 1.00. The molecule has 0 radical (unpaired) electrons. The van der Waals surface area contributed by atoms with Crippen molar-refractivity contribution in [1.29, 1.82) is 0 Å². The van der Waals surface area contributed by atoms with E-state index < -0.39 is 47.7 Å². The maximum atomic E-state index is 13.4. The molecule has 0 saturated carbocycles. The van der Waals surface area contributed by atoms with Crippen LogP contribution in [0.2, 0.25) is 0 Å². The first kappa shape index (κ1) is 17.9. The van der Waals surface area contributed by atoms with Gasteiger partial charge in [-0.2, -0.15) is 26.3 Å². The monoisotopic (exact) mass is 332 g/mol. The molecule has 1 nitrogen and oxygen atoms in total. The van der Waals surface area contributed by atoms with Crippen LogP contribution in [-0.2, 0) is 3.79 Å². The first-order valence-electron chi connectivity index (χ1n) is 5.33. The highest BCUT2D eigenvalue weighted by Gasteiger charge is 2.92. The molecule has 1 fully saturated rings. The fourth-order valence-electron chi connectivity index (χ4n) is 1.66. The Balaban J connectivity index is 3.42. The topological polar surface area (TPSA) is 9.23 Å². The maximum absolute atomic E-state index is 13.4. The van der Waals surface area contributed by atoms with E-state index in [-0.39, 0.29) is 0 Å². The zero-order valence-corrected chi connectivity index (χ0v) is 11.6. The Labute approximate surface area is 112 Å². The summed E-state index contributed by atoms with van der Waals surface area (Å²) < 4.78 is 122. The van der Waals surface area contributed by atoms with Crippen LogP contribution in [0, 0.1) is 0 Å². The Morgan fingerprint density at radius 1 is 0.850 bits per heavy atom. The van der Waals surface area contributed by atoms with Crippen LogP contribution in [0.3, 0.4) is 0 Å². The molecule has 20 heavy (non-hydrogen) atoms. The van der Waals surface area contributed by atoms with Crippen molar-refractivity contribution >= 4 is 14.5 Å². The smallest absolute Gasteiger partial charge is 0.491 e. The van der Waals surface area contributed by atoms with Gasteiger partial charge in [0.2, 0.25) is 0 Å². The largest absolute Gasteiger partial charge is 0.615 e. The van der Waals surface area contributed by atoms with Crippen molar-refractivity contribution < 1.29 is 43.3 Å². The summed E-state index contributed by atoms with van der Waals surface area (Å²) in [7, 11) is 0. The Kier molecular flexibility index (Phi) is 3.97. The maximum Gasteiger partial charge on any atom is 0.615 e. The number of rotatable bonds is 1. The van der Waals surface area contributed by atoms with Gasteiger partial charge in [-0.05, 0) is 20.8 Å². The van der Waals surface area contributed by atoms with E-state index in [1.807, 2.05) is 0 Å². The van der Waals surface area contributed by atoms with Gasteiger partial charge in [0.05, 0.1) is 0 Å². The average molecular weight is 332 g/mol. The predicted molar refractivity (Wildman–Crippen MR) is 51.3 cm³/mol. The number of hydrogen-bond acceptors (Lipinski definition) is 1. The van der Waals surface area contributed by atoms with Gasteiger partial charge in [0.25, 0.3) is 4.78 Å². The second-order valence-electron chi connectivity index (χ2n) is 5.45. The van der Waals surface area contributed by atoms with Crippen molar-refractivity contribution in [3.63, 3.8) is 0 Å². The van der Waals surface area contributed by atoms with Gasteiger partial charge >= 0.3 is 32.2 Å². The SMILES string of the molecule is CC(C)(C)[O][Al]1[CH](F)C(F)(F)C(F)(F)C(F)(F)[C]1(F)F. The van der Waals surface area contributed by atoms with Crippen LogP contribution in [-0.4, -0.2) is 47.7 Å². The summed E-state index contributed by atoms with van der Waals surface area (Å²) in [6.45, 7) is 3.10. The molecule has 0 amide bonds. The van der Waals surface area contributed by atoms with Crippen molar-refractivity contribution in [2.75, 3.05) is 0 Å². The molecule has 1 unspecified atom stereocenters. The predicted octanol–water partition coefficient (Wildman–Crippen LogP) is 3.76. The molecular weight excluding hydrogens is 322 g/mol. The van der Waals surface area contributed by atoms with Gasteiger partial charge in [0, 0.05) is 5.60 Å². The molecule has 0 aromatic heterocycles. The Bertz CT molecular complexity index is 389. The van der Waals surface area contributed by atoms with Crippen LogP contribution in [0.4, 0.5) is 39.5 Å². The van der Waals surface area contributed by atoms with Crippen molar-refractivity contribution in [3.8, 4) is 0 Å². The molecule has 0 spiro atoms. The highest BCUT2D eigenvalue weighted by molar-refractivity contribution is 6.57. The van der Waals surface area contributed by atoms with E-state index in [4.69, 9.17) is 0 Å². The third-order valence-electron chi connectivity index (χ3n) is 2.68. The van der Waals surface area contributed by atoms with Crippen molar-refractivity contribution in [1.82, 2.24) is 0 Å². The molecule has 118 valence electrons. The molecule has 1 atom stereocenters. The molecule has 1 heterocycles. The van der Waals surface area contributed by atoms with Gasteiger partial charge in [-0.3, -0.25) is 4.39 Å². The van der Waals surface area contributed by atoms with Crippen molar-refractivity contribution in [3.05, 3.63) is 0 Å². The van der Waals surface area contributed by atoms with Crippen LogP contribution in [0.25, 0.3) is 0 Å². The van der Waals surface area contributed by atoms with Gasteiger partial charge in [-0.15, -0.1) is 0 Å². The second-order valence-corrected chi connectivity index (χ2v) is 7.83. The molecule has 0 bridgehead atoms. The van der Waals surface area contributed by atoms with E-state index in [2.05, 4.69) is 3.79 Å². The molecule has 1 rings (SSSR count). The Morgan fingerprint density at radius 2 is 1.25 bits per heavy atom. The third kappa shape index (κ3) is 2.22. The lowest BCUT2D eigenvalue weighted by atomic mass is 10.0. The molecule has 1 aliphatic heterocycles. The van der Waals surface area contributed by atoms with Crippen LogP contribution in [0.5, 0.6) is 0 Å². The Morgan fingerprint density at radius 3 is 1.60 bits per heavy atom. The van der Waals surface area contributed by atoms with E-state index in [1.165, 1.54) is 0 Å². The molecule has 1 aliphatic rings. The van der Waals surface area contributed by atoms with Gasteiger partial charge < -0.3 is 3.79 Å². The molecule has 0 aromatic carbocycles. The highest BCUT2D eigenvalue weighted by atomic mass is 27.2. The van der Waals surface area contributed by atoms with Gasteiger partial charge in [0.15, 0.2) is 5.03 Å². The van der Waals surface area contributed by atoms with Crippen LogP contribution >= 0.6 is 0 Å². The lowest BCUT2D eigenvalue weighted by molar-refractivity contribution is -0.372. The number of hydrogen-bond donors (Lipinski definition) is 0. The minimum atomic E-state index is -6.51. The second kappa shape index (κ2) is 4.43. The van der Waals surface area contributed by atoms with Crippen LogP contribution in [0.15, 0.2) is 0 Å².